The predicted molar refractivity (Wildman–Crippen MR) is 46.6 cm³/mol. The molecule has 0 spiro atoms. The molecule has 0 saturated carbocycles. The molecule has 0 aromatic carbocycles. The summed E-state index contributed by atoms with van der Waals surface area (Å²) in [5.74, 6) is 0.0210. The Morgan fingerprint density at radius 2 is 1.83 bits per heavy atom. The summed E-state index contributed by atoms with van der Waals surface area (Å²) in [5.41, 5.74) is 0. The first kappa shape index (κ1) is 11.4. The number of rotatable bonds is 5. The minimum absolute atomic E-state index is 0.284. The van der Waals surface area contributed by atoms with Crippen LogP contribution < -0.4 is 0 Å². The fourth-order valence-electron chi connectivity index (χ4n) is 1.17. The van der Waals surface area contributed by atoms with E-state index in [2.05, 4.69) is 13.8 Å². The lowest BCUT2D eigenvalue weighted by Crippen LogP contribution is -2.27. The van der Waals surface area contributed by atoms with Gasteiger partial charge in [-0.1, -0.05) is 13.8 Å². The third kappa shape index (κ3) is 3.72. The van der Waals surface area contributed by atoms with Crippen LogP contribution in [0.25, 0.3) is 0 Å². The minimum atomic E-state index is -0.377. The average Bonchev–Trinajstić information content (AvgIpc) is 2.04. The van der Waals surface area contributed by atoms with Crippen LogP contribution >= 0.6 is 0 Å². The monoisotopic (exact) mass is 174 g/mol. The second-order valence-electron chi connectivity index (χ2n) is 2.79. The Labute approximate surface area is 74.0 Å². The molecular formula is C9H18O3. The lowest BCUT2D eigenvalue weighted by molar-refractivity contribution is -0.182. The highest BCUT2D eigenvalue weighted by Gasteiger charge is 2.20. The van der Waals surface area contributed by atoms with Gasteiger partial charge in [0.25, 0.3) is 0 Å². The summed E-state index contributed by atoms with van der Waals surface area (Å²) in [6.07, 6.45) is 1.54. The van der Waals surface area contributed by atoms with Crippen molar-refractivity contribution in [3.63, 3.8) is 0 Å². The number of carbonyl (C=O) groups excluding carboxylic acids is 1. The molecule has 12 heavy (non-hydrogen) atoms. The van der Waals surface area contributed by atoms with Gasteiger partial charge in [-0.05, 0) is 12.8 Å². The van der Waals surface area contributed by atoms with E-state index in [4.69, 9.17) is 9.47 Å². The van der Waals surface area contributed by atoms with Gasteiger partial charge in [0.1, 0.15) is 0 Å². The van der Waals surface area contributed by atoms with Gasteiger partial charge in [0.2, 0.25) is 6.29 Å². The smallest absolute Gasteiger partial charge is 0.304 e. The number of hydrogen-bond acceptors (Lipinski definition) is 3. The average molecular weight is 174 g/mol. The van der Waals surface area contributed by atoms with Gasteiger partial charge < -0.3 is 9.47 Å². The molecule has 1 atom stereocenters. The minimum Gasteiger partial charge on any atom is -0.436 e. The zero-order valence-corrected chi connectivity index (χ0v) is 8.29. The van der Waals surface area contributed by atoms with E-state index in [0.29, 0.717) is 5.92 Å². The van der Waals surface area contributed by atoms with Crippen molar-refractivity contribution in [1.82, 2.24) is 0 Å². The van der Waals surface area contributed by atoms with Crippen LogP contribution in [0.3, 0.4) is 0 Å². The summed E-state index contributed by atoms with van der Waals surface area (Å²) in [5, 5.41) is 0. The molecule has 0 amide bonds. The van der Waals surface area contributed by atoms with E-state index >= 15 is 0 Å². The molecule has 0 aliphatic carbocycles. The van der Waals surface area contributed by atoms with Crippen molar-refractivity contribution in [2.75, 3.05) is 7.11 Å². The Bertz CT molecular complexity index is 130. The fourth-order valence-corrected chi connectivity index (χ4v) is 1.17. The SMILES string of the molecule is CCC(CC)C(OC)OC(C)=O. The van der Waals surface area contributed by atoms with Gasteiger partial charge in [-0.2, -0.15) is 0 Å². The Balaban J connectivity index is 4.01. The van der Waals surface area contributed by atoms with Crippen LogP contribution in [0.4, 0.5) is 0 Å². The molecule has 0 aromatic rings. The third-order valence-electron chi connectivity index (χ3n) is 1.95. The molecule has 1 unspecified atom stereocenters. The van der Waals surface area contributed by atoms with E-state index in [9.17, 15) is 4.79 Å². The number of hydrogen-bond donors (Lipinski definition) is 0. The van der Waals surface area contributed by atoms with Gasteiger partial charge in [0.05, 0.1) is 0 Å². The van der Waals surface area contributed by atoms with Gasteiger partial charge in [-0.25, -0.2) is 0 Å². The summed E-state index contributed by atoms with van der Waals surface area (Å²) in [7, 11) is 1.56. The number of methoxy groups -OCH3 is 1. The number of esters is 1. The van der Waals surface area contributed by atoms with Crippen LogP contribution in [0, 0.1) is 5.92 Å². The highest BCUT2D eigenvalue weighted by Crippen LogP contribution is 2.16. The number of carbonyl (C=O) groups is 1. The molecule has 0 rings (SSSR count). The maximum absolute atomic E-state index is 10.6. The highest BCUT2D eigenvalue weighted by atomic mass is 16.7. The van der Waals surface area contributed by atoms with Gasteiger partial charge in [-0.3, -0.25) is 4.79 Å². The Kier molecular flexibility index (Phi) is 5.72. The Morgan fingerprint density at radius 3 is 2.08 bits per heavy atom. The molecule has 3 heteroatoms. The first-order valence-electron chi connectivity index (χ1n) is 4.35. The summed E-state index contributed by atoms with van der Waals surface area (Å²) >= 11 is 0. The van der Waals surface area contributed by atoms with E-state index in [1.807, 2.05) is 0 Å². The fraction of sp³-hybridized carbons (Fsp3) is 0.889. The molecule has 0 N–H and O–H groups in total. The molecule has 0 aliphatic heterocycles. The van der Waals surface area contributed by atoms with Crippen LogP contribution in [0.5, 0.6) is 0 Å². The van der Waals surface area contributed by atoms with E-state index in [-0.39, 0.29) is 12.3 Å². The summed E-state index contributed by atoms with van der Waals surface area (Å²) in [4.78, 5) is 10.6. The molecule has 0 bridgehead atoms. The quantitative estimate of drug-likeness (QED) is 0.472. The van der Waals surface area contributed by atoms with Gasteiger partial charge >= 0.3 is 5.97 Å². The largest absolute Gasteiger partial charge is 0.436 e. The van der Waals surface area contributed by atoms with Crippen LogP contribution in [-0.2, 0) is 14.3 Å². The van der Waals surface area contributed by atoms with Crippen molar-refractivity contribution >= 4 is 5.97 Å². The van der Waals surface area contributed by atoms with E-state index in [0.717, 1.165) is 12.8 Å². The molecule has 0 fully saturated rings. The van der Waals surface area contributed by atoms with Crippen molar-refractivity contribution < 1.29 is 14.3 Å². The lowest BCUT2D eigenvalue weighted by atomic mass is 10.0. The van der Waals surface area contributed by atoms with Crippen LogP contribution in [-0.4, -0.2) is 19.4 Å². The Morgan fingerprint density at radius 1 is 1.33 bits per heavy atom. The van der Waals surface area contributed by atoms with Crippen LogP contribution in [0.1, 0.15) is 33.6 Å². The molecule has 72 valence electrons. The van der Waals surface area contributed by atoms with Crippen molar-refractivity contribution in [2.45, 2.75) is 39.9 Å². The molecule has 0 saturated heterocycles. The van der Waals surface area contributed by atoms with Crippen LogP contribution in [0.2, 0.25) is 0 Å². The maximum atomic E-state index is 10.6. The zero-order valence-electron chi connectivity index (χ0n) is 8.29. The van der Waals surface area contributed by atoms with Crippen molar-refractivity contribution in [2.24, 2.45) is 5.92 Å². The first-order chi connectivity index (χ1) is 5.65. The van der Waals surface area contributed by atoms with E-state index in [1.54, 1.807) is 7.11 Å². The normalized spacial score (nSPS) is 13.1. The third-order valence-corrected chi connectivity index (χ3v) is 1.95. The molecule has 3 nitrogen and oxygen atoms in total. The standard InChI is InChI=1S/C9H18O3/c1-5-8(6-2)9(11-4)12-7(3)10/h8-9H,5-6H2,1-4H3. The summed E-state index contributed by atoms with van der Waals surface area (Å²) in [6, 6.07) is 0. The van der Waals surface area contributed by atoms with Crippen molar-refractivity contribution in [3.8, 4) is 0 Å². The zero-order chi connectivity index (χ0) is 9.56. The van der Waals surface area contributed by atoms with E-state index in [1.165, 1.54) is 6.92 Å². The molecule has 0 heterocycles. The topological polar surface area (TPSA) is 35.5 Å². The van der Waals surface area contributed by atoms with Crippen molar-refractivity contribution in [1.29, 1.82) is 0 Å². The van der Waals surface area contributed by atoms with Crippen LogP contribution in [0.15, 0.2) is 0 Å². The van der Waals surface area contributed by atoms with Crippen molar-refractivity contribution in [3.05, 3.63) is 0 Å². The predicted octanol–water partition coefficient (Wildman–Crippen LogP) is 1.96. The molecule has 0 aromatic heterocycles. The van der Waals surface area contributed by atoms with E-state index < -0.39 is 0 Å². The first-order valence-corrected chi connectivity index (χ1v) is 4.35. The summed E-state index contributed by atoms with van der Waals surface area (Å²) in [6.45, 7) is 5.52. The molecule has 0 aliphatic rings. The molecule has 0 radical (unpaired) electrons. The summed E-state index contributed by atoms with van der Waals surface area (Å²) < 4.78 is 10.0. The van der Waals surface area contributed by atoms with Gasteiger partial charge in [-0.15, -0.1) is 0 Å². The Hall–Kier alpha value is -0.570. The molecular weight excluding hydrogens is 156 g/mol. The second kappa shape index (κ2) is 6.00. The second-order valence-corrected chi connectivity index (χ2v) is 2.79. The maximum Gasteiger partial charge on any atom is 0.304 e. The highest BCUT2D eigenvalue weighted by molar-refractivity contribution is 5.66. The van der Waals surface area contributed by atoms with Gasteiger partial charge in [0.15, 0.2) is 0 Å². The van der Waals surface area contributed by atoms with Gasteiger partial charge in [0, 0.05) is 20.0 Å². The number of ether oxygens (including phenoxy) is 2. The lowest BCUT2D eigenvalue weighted by Gasteiger charge is -2.22.